The second kappa shape index (κ2) is 12.1. The standard InChI is InChI=1S/C40H30BNO2/c43-41(44)33-21-23-34(24-22-33)42(35-18-9-17-32(27-35)29-11-3-1-4-12-29)36-25-26-39(40(28-36)31-13-5-2-6-14-31)38-20-10-16-30-15-7-8-19-37(30)38/h1-28,43-44H. The van der Waals surface area contributed by atoms with Gasteiger partial charge in [0.15, 0.2) is 0 Å². The molecule has 0 unspecified atom stereocenters. The van der Waals surface area contributed by atoms with Gasteiger partial charge in [-0.05, 0) is 86.0 Å². The molecule has 0 amide bonds. The molecule has 0 saturated heterocycles. The van der Waals surface area contributed by atoms with E-state index in [0.717, 1.165) is 44.9 Å². The van der Waals surface area contributed by atoms with E-state index in [2.05, 4.69) is 138 Å². The lowest BCUT2D eigenvalue weighted by Gasteiger charge is -2.27. The number of fused-ring (bicyclic) bond motifs is 1. The zero-order valence-electron chi connectivity index (χ0n) is 24.1. The number of hydrogen-bond donors (Lipinski definition) is 2. The van der Waals surface area contributed by atoms with Crippen molar-refractivity contribution in [3.8, 4) is 33.4 Å². The van der Waals surface area contributed by atoms with Gasteiger partial charge in [-0.2, -0.15) is 0 Å². The topological polar surface area (TPSA) is 43.7 Å². The van der Waals surface area contributed by atoms with E-state index in [1.807, 2.05) is 24.3 Å². The van der Waals surface area contributed by atoms with Gasteiger partial charge in [-0.1, -0.05) is 133 Å². The van der Waals surface area contributed by atoms with Crippen molar-refractivity contribution >= 4 is 40.4 Å². The normalized spacial score (nSPS) is 11.0. The van der Waals surface area contributed by atoms with Crippen LogP contribution in [0.3, 0.4) is 0 Å². The molecule has 0 aromatic heterocycles. The summed E-state index contributed by atoms with van der Waals surface area (Å²) in [5, 5.41) is 22.0. The largest absolute Gasteiger partial charge is 0.488 e. The highest BCUT2D eigenvalue weighted by Crippen LogP contribution is 2.42. The highest BCUT2D eigenvalue weighted by atomic mass is 16.4. The van der Waals surface area contributed by atoms with E-state index in [1.165, 1.54) is 16.3 Å². The lowest BCUT2D eigenvalue weighted by molar-refractivity contribution is 0.426. The predicted octanol–water partition coefficient (Wildman–Crippen LogP) is 8.99. The second-order valence-corrected chi connectivity index (χ2v) is 10.8. The molecule has 0 heterocycles. The zero-order chi connectivity index (χ0) is 29.9. The van der Waals surface area contributed by atoms with Crippen molar-refractivity contribution in [2.75, 3.05) is 4.90 Å². The monoisotopic (exact) mass is 567 g/mol. The van der Waals surface area contributed by atoms with Crippen LogP contribution < -0.4 is 10.4 Å². The molecule has 44 heavy (non-hydrogen) atoms. The number of rotatable bonds is 7. The molecular weight excluding hydrogens is 537 g/mol. The minimum atomic E-state index is -1.52. The fourth-order valence-electron chi connectivity index (χ4n) is 5.92. The Balaban J connectivity index is 1.44. The summed E-state index contributed by atoms with van der Waals surface area (Å²) in [7, 11) is -1.52. The Morgan fingerprint density at radius 1 is 0.386 bits per heavy atom. The van der Waals surface area contributed by atoms with Crippen LogP contribution in [-0.4, -0.2) is 17.2 Å². The fourth-order valence-corrected chi connectivity index (χ4v) is 5.92. The summed E-state index contributed by atoms with van der Waals surface area (Å²) in [6, 6.07) is 58.5. The van der Waals surface area contributed by atoms with Gasteiger partial charge in [0, 0.05) is 17.1 Å². The highest BCUT2D eigenvalue weighted by molar-refractivity contribution is 6.58. The number of anilines is 3. The van der Waals surface area contributed by atoms with Gasteiger partial charge < -0.3 is 14.9 Å². The van der Waals surface area contributed by atoms with Gasteiger partial charge in [0.25, 0.3) is 0 Å². The van der Waals surface area contributed by atoms with Gasteiger partial charge >= 0.3 is 7.12 Å². The van der Waals surface area contributed by atoms with E-state index in [9.17, 15) is 10.0 Å². The van der Waals surface area contributed by atoms with Crippen LogP contribution in [0.1, 0.15) is 0 Å². The van der Waals surface area contributed by atoms with Crippen molar-refractivity contribution in [3.63, 3.8) is 0 Å². The van der Waals surface area contributed by atoms with Gasteiger partial charge in [-0.25, -0.2) is 0 Å². The van der Waals surface area contributed by atoms with Crippen LogP contribution in [-0.2, 0) is 0 Å². The zero-order valence-corrected chi connectivity index (χ0v) is 24.1. The van der Waals surface area contributed by atoms with Crippen LogP contribution in [0.25, 0.3) is 44.2 Å². The molecule has 3 nitrogen and oxygen atoms in total. The Labute approximate surface area is 258 Å². The molecule has 0 atom stereocenters. The number of benzene rings is 7. The average molecular weight is 567 g/mol. The van der Waals surface area contributed by atoms with Crippen LogP contribution in [0.4, 0.5) is 17.1 Å². The van der Waals surface area contributed by atoms with Crippen molar-refractivity contribution in [2.45, 2.75) is 0 Å². The minimum Gasteiger partial charge on any atom is -0.423 e. The lowest BCUT2D eigenvalue weighted by atomic mass is 9.80. The number of hydrogen-bond acceptors (Lipinski definition) is 3. The van der Waals surface area contributed by atoms with Crippen LogP contribution >= 0.6 is 0 Å². The first-order valence-corrected chi connectivity index (χ1v) is 14.7. The van der Waals surface area contributed by atoms with Gasteiger partial charge in [0.2, 0.25) is 0 Å². The van der Waals surface area contributed by atoms with Gasteiger partial charge in [0.1, 0.15) is 0 Å². The molecule has 0 aliphatic carbocycles. The van der Waals surface area contributed by atoms with Gasteiger partial charge in [0.05, 0.1) is 0 Å². The maximum absolute atomic E-state index is 9.77. The van der Waals surface area contributed by atoms with E-state index in [0.29, 0.717) is 5.46 Å². The summed E-state index contributed by atoms with van der Waals surface area (Å²) in [6.45, 7) is 0. The summed E-state index contributed by atoms with van der Waals surface area (Å²) < 4.78 is 0. The molecule has 0 fully saturated rings. The van der Waals surface area contributed by atoms with Crippen molar-refractivity contribution < 1.29 is 10.0 Å². The van der Waals surface area contributed by atoms with Crippen LogP contribution in [0.5, 0.6) is 0 Å². The third-order valence-electron chi connectivity index (χ3n) is 8.09. The molecule has 0 aliphatic heterocycles. The maximum Gasteiger partial charge on any atom is 0.488 e. The maximum atomic E-state index is 9.77. The fraction of sp³-hybridized carbons (Fsp3) is 0. The molecule has 7 rings (SSSR count). The first-order valence-electron chi connectivity index (χ1n) is 14.7. The van der Waals surface area contributed by atoms with Crippen LogP contribution in [0.15, 0.2) is 170 Å². The third kappa shape index (κ3) is 5.40. The molecule has 0 radical (unpaired) electrons. The predicted molar refractivity (Wildman–Crippen MR) is 185 cm³/mol. The Bertz CT molecular complexity index is 2040. The molecule has 7 aromatic rings. The SMILES string of the molecule is OB(O)c1ccc(N(c2cccc(-c3ccccc3)c2)c2ccc(-c3cccc4ccccc34)c(-c3ccccc3)c2)cc1. The van der Waals surface area contributed by atoms with Crippen molar-refractivity contribution in [3.05, 3.63) is 170 Å². The molecular formula is C40H30BNO2. The van der Waals surface area contributed by atoms with E-state index in [1.54, 1.807) is 12.1 Å². The molecule has 2 N–H and O–H groups in total. The summed E-state index contributed by atoms with van der Waals surface area (Å²) in [6.07, 6.45) is 0. The first-order chi connectivity index (χ1) is 21.7. The Hall–Kier alpha value is -5.42. The molecule has 4 heteroatoms. The lowest BCUT2D eigenvalue weighted by Crippen LogP contribution is -2.29. The summed E-state index contributed by atoms with van der Waals surface area (Å²) in [5.41, 5.74) is 10.2. The minimum absolute atomic E-state index is 0.447. The third-order valence-corrected chi connectivity index (χ3v) is 8.09. The Kier molecular flexibility index (Phi) is 7.52. The quantitative estimate of drug-likeness (QED) is 0.189. The van der Waals surface area contributed by atoms with Crippen molar-refractivity contribution in [2.24, 2.45) is 0 Å². The molecule has 0 aliphatic rings. The highest BCUT2D eigenvalue weighted by Gasteiger charge is 2.19. The Morgan fingerprint density at radius 3 is 1.73 bits per heavy atom. The number of nitrogens with zero attached hydrogens (tertiary/aromatic N) is 1. The van der Waals surface area contributed by atoms with E-state index in [4.69, 9.17) is 0 Å². The molecule has 7 aromatic carbocycles. The average Bonchev–Trinajstić information content (AvgIpc) is 3.09. The second-order valence-electron chi connectivity index (χ2n) is 10.8. The first kappa shape index (κ1) is 27.4. The summed E-state index contributed by atoms with van der Waals surface area (Å²) in [5.74, 6) is 0. The Morgan fingerprint density at radius 2 is 0.977 bits per heavy atom. The molecule has 210 valence electrons. The summed E-state index contributed by atoms with van der Waals surface area (Å²) in [4.78, 5) is 2.22. The van der Waals surface area contributed by atoms with Crippen LogP contribution in [0, 0.1) is 0 Å². The van der Waals surface area contributed by atoms with E-state index >= 15 is 0 Å². The molecule has 0 saturated carbocycles. The van der Waals surface area contributed by atoms with E-state index in [-0.39, 0.29) is 0 Å². The van der Waals surface area contributed by atoms with Crippen molar-refractivity contribution in [1.82, 2.24) is 0 Å². The summed E-state index contributed by atoms with van der Waals surface area (Å²) >= 11 is 0. The molecule has 0 bridgehead atoms. The molecule has 0 spiro atoms. The van der Waals surface area contributed by atoms with Gasteiger partial charge in [-0.3, -0.25) is 0 Å². The van der Waals surface area contributed by atoms with E-state index < -0.39 is 7.12 Å². The smallest absolute Gasteiger partial charge is 0.423 e. The van der Waals surface area contributed by atoms with Gasteiger partial charge in [-0.15, -0.1) is 0 Å². The van der Waals surface area contributed by atoms with Crippen molar-refractivity contribution in [1.29, 1.82) is 0 Å². The van der Waals surface area contributed by atoms with Crippen LogP contribution in [0.2, 0.25) is 0 Å².